The number of hydrogen-bond acceptors (Lipinski definition) is 4. The highest BCUT2D eigenvalue weighted by atomic mass is 19.4. The molecule has 0 aliphatic carbocycles. The van der Waals surface area contributed by atoms with E-state index in [-0.39, 0.29) is 5.75 Å². The Morgan fingerprint density at radius 1 is 0.967 bits per heavy atom. The number of halogens is 3. The first-order valence-corrected chi connectivity index (χ1v) is 9.28. The van der Waals surface area contributed by atoms with Gasteiger partial charge >= 0.3 is 6.18 Å². The van der Waals surface area contributed by atoms with Gasteiger partial charge in [0.2, 0.25) is 0 Å². The average molecular weight is 425 g/mol. The lowest BCUT2D eigenvalue weighted by atomic mass is 10.1. The number of nitrogens with one attached hydrogen (secondary N) is 2. The molecule has 0 saturated carbocycles. The Labute approximate surface area is 174 Å². The van der Waals surface area contributed by atoms with Gasteiger partial charge in [-0.3, -0.25) is 4.99 Å². The molecule has 2 aromatic rings. The Bertz CT molecular complexity index is 842. The van der Waals surface area contributed by atoms with Crippen molar-refractivity contribution < 1.29 is 27.4 Å². The van der Waals surface area contributed by atoms with Crippen molar-refractivity contribution in [3.63, 3.8) is 0 Å². The molecule has 0 atom stereocenters. The summed E-state index contributed by atoms with van der Waals surface area (Å²) in [4.78, 5) is 4.16. The highest BCUT2D eigenvalue weighted by Crippen LogP contribution is 2.27. The fraction of sp³-hybridized carbons (Fsp3) is 0.381. The van der Waals surface area contributed by atoms with Gasteiger partial charge in [-0.05, 0) is 41.8 Å². The molecule has 2 rings (SSSR count). The molecule has 9 heteroatoms. The van der Waals surface area contributed by atoms with Crippen LogP contribution >= 0.6 is 0 Å². The molecule has 0 saturated heterocycles. The number of rotatable bonds is 9. The fourth-order valence-corrected chi connectivity index (χ4v) is 2.68. The number of benzene rings is 2. The van der Waals surface area contributed by atoms with Crippen LogP contribution in [0.25, 0.3) is 0 Å². The van der Waals surface area contributed by atoms with E-state index in [1.165, 1.54) is 6.07 Å². The van der Waals surface area contributed by atoms with Crippen LogP contribution in [0.2, 0.25) is 0 Å². The minimum Gasteiger partial charge on any atom is -0.493 e. The summed E-state index contributed by atoms with van der Waals surface area (Å²) in [5.74, 6) is 2.10. The van der Waals surface area contributed by atoms with Crippen LogP contribution < -0.4 is 24.8 Å². The van der Waals surface area contributed by atoms with Crippen LogP contribution in [0.1, 0.15) is 11.1 Å². The molecule has 0 aromatic heterocycles. The Balaban J connectivity index is 1.83. The second kappa shape index (κ2) is 11.2. The summed E-state index contributed by atoms with van der Waals surface area (Å²) in [7, 11) is 4.83. The molecule has 6 nitrogen and oxygen atoms in total. The number of alkyl halides is 3. The van der Waals surface area contributed by atoms with Gasteiger partial charge < -0.3 is 24.8 Å². The molecule has 0 aliphatic rings. The standard InChI is InChI=1S/C21H26F3N3O3/c1-25-20(26-10-9-15-7-8-18(28-2)19(12-15)29-3)27-13-16-5-4-6-17(11-16)30-14-21(22,23)24/h4-8,11-12H,9-10,13-14H2,1-3H3,(H2,25,26,27). The molecule has 0 bridgehead atoms. The van der Waals surface area contributed by atoms with Gasteiger partial charge in [0, 0.05) is 20.1 Å². The SMILES string of the molecule is CN=C(NCCc1ccc(OC)c(OC)c1)NCc1cccc(OCC(F)(F)F)c1. The molecule has 2 aromatic carbocycles. The Hall–Kier alpha value is -3.10. The normalized spacial score (nSPS) is 11.7. The van der Waals surface area contributed by atoms with Crippen molar-refractivity contribution in [1.29, 1.82) is 0 Å². The first-order valence-electron chi connectivity index (χ1n) is 9.28. The zero-order valence-corrected chi connectivity index (χ0v) is 17.2. The average Bonchev–Trinajstić information content (AvgIpc) is 2.74. The van der Waals surface area contributed by atoms with Gasteiger partial charge in [0.1, 0.15) is 5.75 Å². The zero-order chi connectivity index (χ0) is 22.0. The lowest BCUT2D eigenvalue weighted by Crippen LogP contribution is -2.37. The van der Waals surface area contributed by atoms with Crippen molar-refractivity contribution in [2.24, 2.45) is 4.99 Å². The Morgan fingerprint density at radius 3 is 2.40 bits per heavy atom. The van der Waals surface area contributed by atoms with Crippen LogP contribution in [0, 0.1) is 0 Å². The molecule has 0 radical (unpaired) electrons. The van der Waals surface area contributed by atoms with Gasteiger partial charge in [0.25, 0.3) is 0 Å². The topological polar surface area (TPSA) is 64.1 Å². The molecule has 0 aliphatic heterocycles. The van der Waals surface area contributed by atoms with Crippen LogP contribution in [0.4, 0.5) is 13.2 Å². The monoisotopic (exact) mass is 425 g/mol. The van der Waals surface area contributed by atoms with Crippen molar-refractivity contribution in [2.75, 3.05) is 34.4 Å². The second-order valence-corrected chi connectivity index (χ2v) is 6.34. The van der Waals surface area contributed by atoms with Crippen LogP contribution in [-0.2, 0) is 13.0 Å². The molecule has 30 heavy (non-hydrogen) atoms. The van der Waals surface area contributed by atoms with Crippen molar-refractivity contribution in [3.05, 3.63) is 53.6 Å². The third-order valence-electron chi connectivity index (χ3n) is 4.14. The minimum atomic E-state index is -4.37. The lowest BCUT2D eigenvalue weighted by Gasteiger charge is -2.14. The van der Waals surface area contributed by atoms with E-state index < -0.39 is 12.8 Å². The van der Waals surface area contributed by atoms with E-state index in [0.717, 1.165) is 17.5 Å². The molecule has 0 fully saturated rings. The van der Waals surface area contributed by atoms with Crippen LogP contribution in [0.15, 0.2) is 47.5 Å². The van der Waals surface area contributed by atoms with E-state index in [2.05, 4.69) is 15.6 Å². The van der Waals surface area contributed by atoms with Crippen LogP contribution in [0.3, 0.4) is 0 Å². The van der Waals surface area contributed by atoms with E-state index in [9.17, 15) is 13.2 Å². The molecule has 164 valence electrons. The predicted molar refractivity (Wildman–Crippen MR) is 109 cm³/mol. The summed E-state index contributed by atoms with van der Waals surface area (Å²) in [6.45, 7) is -0.299. The predicted octanol–water partition coefficient (Wildman–Crippen LogP) is 3.55. The van der Waals surface area contributed by atoms with Crippen molar-refractivity contribution in [2.45, 2.75) is 19.1 Å². The number of guanidine groups is 1. The highest BCUT2D eigenvalue weighted by molar-refractivity contribution is 5.79. The summed E-state index contributed by atoms with van der Waals surface area (Å²) in [6.07, 6.45) is -3.63. The van der Waals surface area contributed by atoms with Gasteiger partial charge in [-0.15, -0.1) is 0 Å². The molecule has 0 spiro atoms. The fourth-order valence-electron chi connectivity index (χ4n) is 2.68. The highest BCUT2D eigenvalue weighted by Gasteiger charge is 2.28. The van der Waals surface area contributed by atoms with Gasteiger partial charge in [-0.25, -0.2) is 0 Å². The Morgan fingerprint density at radius 2 is 1.73 bits per heavy atom. The third kappa shape index (κ3) is 7.73. The summed E-state index contributed by atoms with van der Waals surface area (Å²) in [6, 6.07) is 12.2. The first kappa shape index (κ1) is 23.2. The first-order chi connectivity index (χ1) is 14.3. The number of ether oxygens (including phenoxy) is 3. The molecule has 0 heterocycles. The van der Waals surface area contributed by atoms with Gasteiger partial charge in [0.05, 0.1) is 14.2 Å². The van der Waals surface area contributed by atoms with E-state index in [0.29, 0.717) is 30.5 Å². The van der Waals surface area contributed by atoms with E-state index in [4.69, 9.17) is 14.2 Å². The maximum absolute atomic E-state index is 12.3. The summed E-state index contributed by atoms with van der Waals surface area (Å²) in [5.41, 5.74) is 1.85. The van der Waals surface area contributed by atoms with Crippen molar-refractivity contribution >= 4 is 5.96 Å². The number of methoxy groups -OCH3 is 2. The largest absolute Gasteiger partial charge is 0.493 e. The Kier molecular flexibility index (Phi) is 8.64. The third-order valence-corrected chi connectivity index (χ3v) is 4.14. The number of hydrogen-bond donors (Lipinski definition) is 2. The van der Waals surface area contributed by atoms with E-state index >= 15 is 0 Å². The molecule has 0 unspecified atom stereocenters. The van der Waals surface area contributed by atoms with Crippen LogP contribution in [-0.4, -0.2) is 46.6 Å². The minimum absolute atomic E-state index is 0.169. The van der Waals surface area contributed by atoms with Gasteiger partial charge in [-0.2, -0.15) is 13.2 Å². The summed E-state index contributed by atoms with van der Waals surface area (Å²) in [5, 5.41) is 6.33. The molecular formula is C21H26F3N3O3. The van der Waals surface area contributed by atoms with Crippen molar-refractivity contribution in [1.82, 2.24) is 10.6 Å². The smallest absolute Gasteiger partial charge is 0.422 e. The molecule has 0 amide bonds. The van der Waals surface area contributed by atoms with Crippen LogP contribution in [0.5, 0.6) is 17.2 Å². The zero-order valence-electron chi connectivity index (χ0n) is 17.2. The van der Waals surface area contributed by atoms with E-state index in [1.54, 1.807) is 39.5 Å². The summed E-state index contributed by atoms with van der Waals surface area (Å²) < 4.78 is 52.2. The summed E-state index contributed by atoms with van der Waals surface area (Å²) >= 11 is 0. The number of aliphatic imine (C=N–C) groups is 1. The molecule has 2 N–H and O–H groups in total. The van der Waals surface area contributed by atoms with Crippen molar-refractivity contribution in [3.8, 4) is 17.2 Å². The maximum Gasteiger partial charge on any atom is 0.422 e. The van der Waals surface area contributed by atoms with Gasteiger partial charge in [0.15, 0.2) is 24.1 Å². The molecular weight excluding hydrogens is 399 g/mol. The van der Waals surface area contributed by atoms with Gasteiger partial charge in [-0.1, -0.05) is 18.2 Å². The van der Waals surface area contributed by atoms with E-state index in [1.807, 2.05) is 18.2 Å². The quantitative estimate of drug-likeness (QED) is 0.475. The maximum atomic E-state index is 12.3. The number of nitrogens with zero attached hydrogens (tertiary/aromatic N) is 1. The second-order valence-electron chi connectivity index (χ2n) is 6.34. The lowest BCUT2D eigenvalue weighted by molar-refractivity contribution is -0.153.